The maximum absolute atomic E-state index is 12.9. The zero-order valence-corrected chi connectivity index (χ0v) is 10.4. The molecule has 0 aromatic heterocycles. The highest BCUT2D eigenvalue weighted by atomic mass is 19.3. The third kappa shape index (κ3) is 2.76. The van der Waals surface area contributed by atoms with Gasteiger partial charge in [0.05, 0.1) is 12.6 Å². The summed E-state index contributed by atoms with van der Waals surface area (Å²) in [5.74, 6) is -2.49. The predicted molar refractivity (Wildman–Crippen MR) is 60.9 cm³/mol. The second kappa shape index (κ2) is 4.19. The van der Waals surface area contributed by atoms with Gasteiger partial charge in [-0.2, -0.15) is 0 Å². The molecule has 5 heteroatoms. The minimum absolute atomic E-state index is 0.219. The average Bonchev–Trinajstić information content (AvgIpc) is 2.95. The summed E-state index contributed by atoms with van der Waals surface area (Å²) in [5, 5.41) is 5.38. The van der Waals surface area contributed by atoms with Gasteiger partial charge in [0.2, 0.25) is 5.91 Å². The summed E-state index contributed by atoms with van der Waals surface area (Å²) in [7, 11) is 0. The molecule has 1 heterocycles. The van der Waals surface area contributed by atoms with E-state index in [1.807, 2.05) is 0 Å². The summed E-state index contributed by atoms with van der Waals surface area (Å²) in [5.41, 5.74) is 0.219. The number of hydrogen-bond acceptors (Lipinski definition) is 2. The van der Waals surface area contributed by atoms with Crippen LogP contribution in [-0.2, 0) is 4.79 Å². The van der Waals surface area contributed by atoms with Crippen LogP contribution in [-0.4, -0.2) is 31.0 Å². The van der Waals surface area contributed by atoms with Gasteiger partial charge in [-0.15, -0.1) is 0 Å². The van der Waals surface area contributed by atoms with Crippen LogP contribution in [0.15, 0.2) is 0 Å². The lowest BCUT2D eigenvalue weighted by Gasteiger charge is -2.21. The molecule has 98 valence electrons. The summed E-state index contributed by atoms with van der Waals surface area (Å²) < 4.78 is 25.9. The molecular weight excluding hydrogens is 226 g/mol. The molecule has 2 fully saturated rings. The monoisotopic (exact) mass is 246 g/mol. The number of carbonyl (C=O) groups excluding carboxylic acids is 1. The molecule has 2 aliphatic rings. The maximum Gasteiger partial charge on any atom is 0.262 e. The lowest BCUT2D eigenvalue weighted by atomic mass is 9.92. The fraction of sp³-hybridized carbons (Fsp3) is 0.917. The summed E-state index contributed by atoms with van der Waals surface area (Å²) in [6.07, 6.45) is 1.87. The van der Waals surface area contributed by atoms with Crippen LogP contribution in [0.3, 0.4) is 0 Å². The molecule has 1 aliphatic carbocycles. The van der Waals surface area contributed by atoms with Gasteiger partial charge in [-0.1, -0.05) is 13.8 Å². The number of rotatable bonds is 4. The quantitative estimate of drug-likeness (QED) is 0.790. The Balaban J connectivity index is 1.79. The molecule has 1 atom stereocenters. The van der Waals surface area contributed by atoms with E-state index >= 15 is 0 Å². The molecule has 1 saturated heterocycles. The Bertz CT molecular complexity index is 314. The SMILES string of the molecule is CC(C)C1(CNC(=O)C2CC(F)(F)CN2)CC1. The first kappa shape index (κ1) is 12.7. The molecule has 0 aromatic rings. The van der Waals surface area contributed by atoms with E-state index in [0.717, 1.165) is 12.8 Å². The molecule has 0 spiro atoms. The first-order chi connectivity index (χ1) is 7.85. The van der Waals surface area contributed by atoms with Crippen LogP contribution in [0.1, 0.15) is 33.1 Å². The fourth-order valence-corrected chi connectivity index (χ4v) is 2.41. The van der Waals surface area contributed by atoms with E-state index in [9.17, 15) is 13.6 Å². The highest BCUT2D eigenvalue weighted by molar-refractivity contribution is 5.82. The van der Waals surface area contributed by atoms with E-state index in [1.54, 1.807) is 0 Å². The molecule has 1 aliphatic heterocycles. The highest BCUT2D eigenvalue weighted by Crippen LogP contribution is 2.51. The van der Waals surface area contributed by atoms with E-state index < -0.39 is 12.0 Å². The van der Waals surface area contributed by atoms with Gasteiger partial charge < -0.3 is 5.32 Å². The molecule has 1 unspecified atom stereocenters. The third-order valence-electron chi connectivity index (χ3n) is 4.16. The van der Waals surface area contributed by atoms with E-state index in [4.69, 9.17) is 0 Å². The smallest absolute Gasteiger partial charge is 0.262 e. The molecule has 0 bridgehead atoms. The van der Waals surface area contributed by atoms with Gasteiger partial charge in [0.15, 0.2) is 0 Å². The number of amides is 1. The predicted octanol–water partition coefficient (Wildman–Crippen LogP) is 1.54. The molecule has 1 amide bonds. The van der Waals surface area contributed by atoms with Crippen LogP contribution in [0.25, 0.3) is 0 Å². The minimum atomic E-state index is -2.74. The second-order valence-corrected chi connectivity index (χ2v) is 5.73. The van der Waals surface area contributed by atoms with E-state index in [2.05, 4.69) is 24.5 Å². The van der Waals surface area contributed by atoms with Crippen LogP contribution < -0.4 is 10.6 Å². The van der Waals surface area contributed by atoms with Crippen molar-refractivity contribution in [3.05, 3.63) is 0 Å². The van der Waals surface area contributed by atoms with Crippen LogP contribution in [0.2, 0.25) is 0 Å². The highest BCUT2D eigenvalue weighted by Gasteiger charge is 2.47. The van der Waals surface area contributed by atoms with E-state index in [0.29, 0.717) is 12.5 Å². The summed E-state index contributed by atoms with van der Waals surface area (Å²) in [4.78, 5) is 11.7. The zero-order valence-electron chi connectivity index (χ0n) is 10.4. The van der Waals surface area contributed by atoms with Crippen molar-refractivity contribution >= 4 is 5.91 Å². The number of carbonyl (C=O) groups is 1. The van der Waals surface area contributed by atoms with Crippen LogP contribution in [0, 0.1) is 11.3 Å². The van der Waals surface area contributed by atoms with Gasteiger partial charge in [-0.05, 0) is 24.2 Å². The van der Waals surface area contributed by atoms with Crippen molar-refractivity contribution < 1.29 is 13.6 Å². The van der Waals surface area contributed by atoms with E-state index in [-0.39, 0.29) is 24.3 Å². The lowest BCUT2D eigenvalue weighted by molar-refractivity contribution is -0.123. The maximum atomic E-state index is 12.9. The molecular formula is C12H20F2N2O. The van der Waals surface area contributed by atoms with Crippen molar-refractivity contribution in [2.45, 2.75) is 45.1 Å². The first-order valence-corrected chi connectivity index (χ1v) is 6.24. The largest absolute Gasteiger partial charge is 0.354 e. The Morgan fingerprint density at radius 1 is 1.47 bits per heavy atom. The van der Waals surface area contributed by atoms with Gasteiger partial charge in [-0.3, -0.25) is 10.1 Å². The Hall–Kier alpha value is -0.710. The van der Waals surface area contributed by atoms with Crippen molar-refractivity contribution in [3.63, 3.8) is 0 Å². The summed E-state index contributed by atoms with van der Waals surface area (Å²) in [6.45, 7) is 4.51. The fourth-order valence-electron chi connectivity index (χ4n) is 2.41. The number of hydrogen-bond donors (Lipinski definition) is 2. The minimum Gasteiger partial charge on any atom is -0.354 e. The van der Waals surface area contributed by atoms with Gasteiger partial charge in [-0.25, -0.2) is 8.78 Å². The average molecular weight is 246 g/mol. The van der Waals surface area contributed by atoms with Crippen LogP contribution in [0.4, 0.5) is 8.78 Å². The van der Waals surface area contributed by atoms with Gasteiger partial charge in [0.25, 0.3) is 5.92 Å². The van der Waals surface area contributed by atoms with Gasteiger partial charge in [0.1, 0.15) is 0 Å². The Labute approximate surface area is 100 Å². The standard InChI is InChI=1S/C12H20F2N2O/c1-8(2)11(3-4-11)6-16-10(17)9-5-12(13,14)7-15-9/h8-9,15H,3-7H2,1-2H3,(H,16,17). The van der Waals surface area contributed by atoms with Crippen molar-refractivity contribution in [1.82, 2.24) is 10.6 Å². The molecule has 0 radical (unpaired) electrons. The third-order valence-corrected chi connectivity index (χ3v) is 4.16. The Morgan fingerprint density at radius 3 is 2.53 bits per heavy atom. The second-order valence-electron chi connectivity index (χ2n) is 5.73. The van der Waals surface area contributed by atoms with Crippen molar-refractivity contribution in [3.8, 4) is 0 Å². The van der Waals surface area contributed by atoms with Crippen LogP contribution >= 0.6 is 0 Å². The molecule has 2 rings (SSSR count). The van der Waals surface area contributed by atoms with Crippen molar-refractivity contribution in [1.29, 1.82) is 0 Å². The molecule has 17 heavy (non-hydrogen) atoms. The van der Waals surface area contributed by atoms with Crippen LogP contribution in [0.5, 0.6) is 0 Å². The van der Waals surface area contributed by atoms with Crippen molar-refractivity contribution in [2.75, 3.05) is 13.1 Å². The van der Waals surface area contributed by atoms with E-state index in [1.165, 1.54) is 0 Å². The molecule has 1 saturated carbocycles. The first-order valence-electron chi connectivity index (χ1n) is 6.24. The van der Waals surface area contributed by atoms with Crippen molar-refractivity contribution in [2.24, 2.45) is 11.3 Å². The Morgan fingerprint density at radius 2 is 2.12 bits per heavy atom. The van der Waals surface area contributed by atoms with Gasteiger partial charge >= 0.3 is 0 Å². The zero-order chi connectivity index (χ0) is 12.7. The Kier molecular flexibility index (Phi) is 3.14. The lowest BCUT2D eigenvalue weighted by Crippen LogP contribution is -2.43. The van der Waals surface area contributed by atoms with Gasteiger partial charge in [0, 0.05) is 13.0 Å². The summed E-state index contributed by atoms with van der Waals surface area (Å²) in [6, 6.07) is -0.729. The topological polar surface area (TPSA) is 41.1 Å². The molecule has 0 aromatic carbocycles. The number of halogens is 2. The molecule has 2 N–H and O–H groups in total. The normalized spacial score (nSPS) is 29.4. The number of nitrogens with one attached hydrogen (secondary N) is 2. The number of alkyl halides is 2. The molecule has 3 nitrogen and oxygen atoms in total. The summed E-state index contributed by atoms with van der Waals surface area (Å²) >= 11 is 0.